The normalized spacial score (nSPS) is 10.8. The van der Waals surface area contributed by atoms with Gasteiger partial charge in [-0.05, 0) is 60.7 Å². The maximum Gasteiger partial charge on any atom is 0.248 e. The summed E-state index contributed by atoms with van der Waals surface area (Å²) in [5, 5.41) is 16.0. The molecule has 2 aromatic carbocycles. The summed E-state index contributed by atoms with van der Waals surface area (Å²) in [4.78, 5) is 23.3. The van der Waals surface area contributed by atoms with E-state index in [0.29, 0.717) is 33.3 Å². The molecule has 0 radical (unpaired) electrons. The second-order valence-electron chi connectivity index (χ2n) is 6.25. The SMILES string of the molecule is NC(=O)c1ccc(NC(=O)CSc2ccc3nnc(-c4ccc(F)cc4)n3n2)cc1. The fourth-order valence-electron chi connectivity index (χ4n) is 2.68. The smallest absolute Gasteiger partial charge is 0.248 e. The van der Waals surface area contributed by atoms with Gasteiger partial charge in [-0.15, -0.1) is 10.2 Å². The molecule has 0 aliphatic heterocycles. The van der Waals surface area contributed by atoms with Crippen LogP contribution < -0.4 is 11.1 Å². The number of carbonyl (C=O) groups excluding carboxylic acids is 2. The molecule has 0 saturated carbocycles. The van der Waals surface area contributed by atoms with Gasteiger partial charge in [0.15, 0.2) is 11.5 Å². The molecule has 4 rings (SSSR count). The van der Waals surface area contributed by atoms with Crippen molar-refractivity contribution in [3.05, 3.63) is 72.0 Å². The number of rotatable bonds is 6. The van der Waals surface area contributed by atoms with Crippen molar-refractivity contribution in [2.24, 2.45) is 5.73 Å². The van der Waals surface area contributed by atoms with Crippen molar-refractivity contribution < 1.29 is 14.0 Å². The van der Waals surface area contributed by atoms with Crippen LogP contribution in [-0.4, -0.2) is 37.4 Å². The van der Waals surface area contributed by atoms with Gasteiger partial charge in [0.05, 0.1) is 5.75 Å². The minimum atomic E-state index is -0.529. The number of nitrogens with one attached hydrogen (secondary N) is 1. The molecule has 0 aliphatic carbocycles. The maximum absolute atomic E-state index is 13.2. The van der Waals surface area contributed by atoms with Crippen LogP contribution >= 0.6 is 11.8 Å². The summed E-state index contributed by atoms with van der Waals surface area (Å²) in [5.41, 5.74) is 7.34. The highest BCUT2D eigenvalue weighted by Gasteiger charge is 2.12. The van der Waals surface area contributed by atoms with Crippen LogP contribution in [-0.2, 0) is 4.79 Å². The van der Waals surface area contributed by atoms with E-state index in [9.17, 15) is 14.0 Å². The van der Waals surface area contributed by atoms with E-state index >= 15 is 0 Å². The number of nitrogens with two attached hydrogens (primary N) is 1. The molecule has 2 amide bonds. The molecule has 0 bridgehead atoms. The van der Waals surface area contributed by atoms with E-state index < -0.39 is 5.91 Å². The predicted molar refractivity (Wildman–Crippen MR) is 110 cm³/mol. The minimum Gasteiger partial charge on any atom is -0.366 e. The lowest BCUT2D eigenvalue weighted by atomic mass is 10.2. The number of anilines is 1. The van der Waals surface area contributed by atoms with E-state index in [1.807, 2.05) is 0 Å². The van der Waals surface area contributed by atoms with Crippen molar-refractivity contribution in [2.45, 2.75) is 5.03 Å². The lowest BCUT2D eigenvalue weighted by molar-refractivity contribution is -0.113. The Morgan fingerprint density at radius 1 is 1.00 bits per heavy atom. The van der Waals surface area contributed by atoms with E-state index in [-0.39, 0.29) is 17.5 Å². The minimum absolute atomic E-state index is 0.129. The molecule has 0 spiro atoms. The lowest BCUT2D eigenvalue weighted by Gasteiger charge is -2.06. The summed E-state index contributed by atoms with van der Waals surface area (Å²) < 4.78 is 14.7. The van der Waals surface area contributed by atoms with E-state index in [2.05, 4.69) is 20.6 Å². The zero-order valence-corrected chi connectivity index (χ0v) is 16.3. The summed E-state index contributed by atoms with van der Waals surface area (Å²) in [5.74, 6) is -0.488. The van der Waals surface area contributed by atoms with Crippen molar-refractivity contribution in [3.8, 4) is 11.4 Å². The number of primary amides is 1. The van der Waals surface area contributed by atoms with Crippen LogP contribution in [0.1, 0.15) is 10.4 Å². The number of benzene rings is 2. The van der Waals surface area contributed by atoms with Crippen LogP contribution in [0.2, 0.25) is 0 Å². The summed E-state index contributed by atoms with van der Waals surface area (Å²) in [6.45, 7) is 0. The van der Waals surface area contributed by atoms with Crippen molar-refractivity contribution in [1.29, 1.82) is 0 Å². The third-order valence-corrected chi connectivity index (χ3v) is 5.07. The number of fused-ring (bicyclic) bond motifs is 1. The predicted octanol–water partition coefficient (Wildman–Crippen LogP) is 2.76. The van der Waals surface area contributed by atoms with Gasteiger partial charge in [0.25, 0.3) is 0 Å². The average molecular weight is 422 g/mol. The molecule has 2 heterocycles. The van der Waals surface area contributed by atoms with Crippen LogP contribution in [0.15, 0.2) is 65.7 Å². The number of thioether (sulfide) groups is 1. The molecule has 4 aromatic rings. The van der Waals surface area contributed by atoms with Gasteiger partial charge in [0.2, 0.25) is 11.8 Å². The van der Waals surface area contributed by atoms with Gasteiger partial charge in [-0.1, -0.05) is 11.8 Å². The molecule has 3 N–H and O–H groups in total. The largest absolute Gasteiger partial charge is 0.366 e. The topological polar surface area (TPSA) is 115 Å². The summed E-state index contributed by atoms with van der Waals surface area (Å²) in [6, 6.07) is 15.7. The maximum atomic E-state index is 13.2. The Morgan fingerprint density at radius 3 is 2.43 bits per heavy atom. The van der Waals surface area contributed by atoms with Crippen molar-refractivity contribution in [2.75, 3.05) is 11.1 Å². The highest BCUT2D eigenvalue weighted by molar-refractivity contribution is 7.99. The van der Waals surface area contributed by atoms with Gasteiger partial charge in [-0.2, -0.15) is 9.61 Å². The monoisotopic (exact) mass is 422 g/mol. The van der Waals surface area contributed by atoms with Crippen molar-refractivity contribution in [3.63, 3.8) is 0 Å². The molecule has 10 heteroatoms. The zero-order chi connectivity index (χ0) is 21.1. The van der Waals surface area contributed by atoms with Gasteiger partial charge < -0.3 is 11.1 Å². The fourth-order valence-corrected chi connectivity index (χ4v) is 3.34. The lowest BCUT2D eigenvalue weighted by Crippen LogP contribution is -2.15. The highest BCUT2D eigenvalue weighted by Crippen LogP contribution is 2.21. The van der Waals surface area contributed by atoms with Crippen LogP contribution in [0.5, 0.6) is 0 Å². The molecule has 0 aliphatic rings. The second-order valence-corrected chi connectivity index (χ2v) is 7.25. The third kappa shape index (κ3) is 4.28. The quantitative estimate of drug-likeness (QED) is 0.462. The molecule has 0 saturated heterocycles. The fraction of sp³-hybridized carbons (Fsp3) is 0.0500. The molecule has 8 nitrogen and oxygen atoms in total. The number of amides is 2. The first-order chi connectivity index (χ1) is 14.5. The standard InChI is InChI=1S/C20H15FN6O2S/c21-14-5-1-13(2-6-14)20-25-24-16-9-10-18(26-27(16)20)30-11-17(28)23-15-7-3-12(4-8-15)19(22)29/h1-10H,11H2,(H2,22,29)(H,23,28). The zero-order valence-electron chi connectivity index (χ0n) is 15.4. The molecular formula is C20H15FN6O2S. The number of aromatic nitrogens is 4. The molecule has 2 aromatic heterocycles. The Hall–Kier alpha value is -3.79. The Labute approximate surface area is 174 Å². The van der Waals surface area contributed by atoms with E-state index in [0.717, 1.165) is 0 Å². The molecule has 30 heavy (non-hydrogen) atoms. The number of hydrogen-bond acceptors (Lipinski definition) is 6. The number of nitrogens with zero attached hydrogens (tertiary/aromatic N) is 4. The summed E-state index contributed by atoms with van der Waals surface area (Å²) in [7, 11) is 0. The van der Waals surface area contributed by atoms with Gasteiger partial charge in [0.1, 0.15) is 10.8 Å². The molecule has 0 atom stereocenters. The first-order valence-corrected chi connectivity index (χ1v) is 9.79. The van der Waals surface area contributed by atoms with E-state index in [1.54, 1.807) is 53.0 Å². The van der Waals surface area contributed by atoms with Crippen molar-refractivity contribution >= 4 is 34.9 Å². The first kappa shape index (κ1) is 19.5. The van der Waals surface area contributed by atoms with Gasteiger partial charge in [0, 0.05) is 16.8 Å². The van der Waals surface area contributed by atoms with Gasteiger partial charge in [-0.3, -0.25) is 9.59 Å². The van der Waals surface area contributed by atoms with Crippen LogP contribution in [0.3, 0.4) is 0 Å². The third-order valence-electron chi connectivity index (χ3n) is 4.15. The van der Waals surface area contributed by atoms with E-state index in [4.69, 9.17) is 5.73 Å². The van der Waals surface area contributed by atoms with Crippen molar-refractivity contribution in [1.82, 2.24) is 19.8 Å². The Kier molecular flexibility index (Phi) is 5.40. The Morgan fingerprint density at radius 2 is 1.73 bits per heavy atom. The van der Waals surface area contributed by atoms with Crippen LogP contribution in [0.4, 0.5) is 10.1 Å². The van der Waals surface area contributed by atoms with Crippen LogP contribution in [0, 0.1) is 5.82 Å². The highest BCUT2D eigenvalue weighted by atomic mass is 32.2. The van der Waals surface area contributed by atoms with Gasteiger partial charge in [-0.25, -0.2) is 4.39 Å². The number of hydrogen-bond donors (Lipinski definition) is 2. The van der Waals surface area contributed by atoms with Gasteiger partial charge >= 0.3 is 0 Å². The second kappa shape index (κ2) is 8.29. The number of carbonyl (C=O) groups is 2. The van der Waals surface area contributed by atoms with E-state index in [1.165, 1.54) is 23.9 Å². The molecule has 150 valence electrons. The Bertz CT molecular complexity index is 1220. The summed E-state index contributed by atoms with van der Waals surface area (Å²) >= 11 is 1.25. The molecular weight excluding hydrogens is 407 g/mol. The summed E-state index contributed by atoms with van der Waals surface area (Å²) in [6.07, 6.45) is 0. The average Bonchev–Trinajstić information content (AvgIpc) is 3.16. The first-order valence-electron chi connectivity index (χ1n) is 8.80. The molecule has 0 unspecified atom stereocenters. The molecule has 0 fully saturated rings. The Balaban J connectivity index is 1.44. The van der Waals surface area contributed by atoms with Crippen LogP contribution in [0.25, 0.3) is 17.0 Å². The number of halogens is 1.